The van der Waals surface area contributed by atoms with Crippen molar-refractivity contribution >= 4 is 27.3 Å². The maximum absolute atomic E-state index is 12.7. The molecule has 1 unspecified atom stereocenters. The SMILES string of the molecule is CCC(C)N1CCN(S(=O)(=O)c2cc(N)ccc2Cl)CC1. The van der Waals surface area contributed by atoms with Crippen LogP contribution in [0.5, 0.6) is 0 Å². The molecule has 7 heteroatoms. The summed E-state index contributed by atoms with van der Waals surface area (Å²) in [7, 11) is -3.58. The predicted octanol–water partition coefficient (Wildman–Crippen LogP) is 2.03. The number of hydrogen-bond acceptors (Lipinski definition) is 4. The largest absolute Gasteiger partial charge is 0.399 e. The van der Waals surface area contributed by atoms with E-state index < -0.39 is 10.0 Å². The van der Waals surface area contributed by atoms with Gasteiger partial charge < -0.3 is 5.73 Å². The molecule has 0 radical (unpaired) electrons. The monoisotopic (exact) mass is 331 g/mol. The Labute approximate surface area is 131 Å². The lowest BCUT2D eigenvalue weighted by atomic mass is 10.2. The van der Waals surface area contributed by atoms with Crippen molar-refractivity contribution in [1.29, 1.82) is 0 Å². The first-order valence-corrected chi connectivity index (χ1v) is 8.97. The Morgan fingerprint density at radius 1 is 1.29 bits per heavy atom. The number of rotatable bonds is 4. The van der Waals surface area contributed by atoms with Crippen LogP contribution in [0.4, 0.5) is 5.69 Å². The number of nitrogens with zero attached hydrogens (tertiary/aromatic N) is 2. The molecule has 0 aliphatic carbocycles. The fourth-order valence-electron chi connectivity index (χ4n) is 2.50. The van der Waals surface area contributed by atoms with Gasteiger partial charge in [0.25, 0.3) is 0 Å². The van der Waals surface area contributed by atoms with Crippen LogP contribution < -0.4 is 5.73 Å². The van der Waals surface area contributed by atoms with Gasteiger partial charge in [-0.3, -0.25) is 4.90 Å². The van der Waals surface area contributed by atoms with Crippen LogP contribution in [-0.4, -0.2) is 49.8 Å². The molecule has 0 bridgehead atoms. The van der Waals surface area contributed by atoms with Gasteiger partial charge in [-0.05, 0) is 31.5 Å². The van der Waals surface area contributed by atoms with Gasteiger partial charge in [0.05, 0.1) is 5.02 Å². The summed E-state index contributed by atoms with van der Waals surface area (Å²) < 4.78 is 26.8. The maximum atomic E-state index is 12.7. The summed E-state index contributed by atoms with van der Waals surface area (Å²) in [6.07, 6.45) is 1.06. The van der Waals surface area contributed by atoms with E-state index in [1.165, 1.54) is 16.4 Å². The summed E-state index contributed by atoms with van der Waals surface area (Å²) in [5, 5.41) is 0.216. The van der Waals surface area contributed by atoms with Gasteiger partial charge in [0.1, 0.15) is 4.90 Å². The molecule has 5 nitrogen and oxygen atoms in total. The lowest BCUT2D eigenvalue weighted by molar-refractivity contribution is 0.142. The minimum absolute atomic E-state index is 0.0983. The lowest BCUT2D eigenvalue weighted by Gasteiger charge is -2.37. The average Bonchev–Trinajstić information content (AvgIpc) is 2.49. The molecule has 1 atom stereocenters. The number of nitrogen functional groups attached to an aromatic ring is 1. The summed E-state index contributed by atoms with van der Waals surface area (Å²) in [4.78, 5) is 2.41. The summed E-state index contributed by atoms with van der Waals surface area (Å²) in [5.41, 5.74) is 6.08. The van der Waals surface area contributed by atoms with Crippen LogP contribution in [0.25, 0.3) is 0 Å². The topological polar surface area (TPSA) is 66.6 Å². The fraction of sp³-hybridized carbons (Fsp3) is 0.571. The van der Waals surface area contributed by atoms with Gasteiger partial charge in [0.2, 0.25) is 10.0 Å². The van der Waals surface area contributed by atoms with Crippen LogP contribution in [0.1, 0.15) is 20.3 Å². The Hall–Kier alpha value is -0.820. The van der Waals surface area contributed by atoms with E-state index in [-0.39, 0.29) is 9.92 Å². The van der Waals surface area contributed by atoms with E-state index in [1.54, 1.807) is 6.07 Å². The van der Waals surface area contributed by atoms with E-state index in [1.807, 2.05) is 0 Å². The summed E-state index contributed by atoms with van der Waals surface area (Å²) in [5.74, 6) is 0. The van der Waals surface area contributed by atoms with Crippen molar-refractivity contribution in [3.8, 4) is 0 Å². The zero-order valence-electron chi connectivity index (χ0n) is 12.4. The number of hydrogen-bond donors (Lipinski definition) is 1. The van der Waals surface area contributed by atoms with E-state index >= 15 is 0 Å². The minimum Gasteiger partial charge on any atom is -0.399 e. The van der Waals surface area contributed by atoms with E-state index in [0.717, 1.165) is 19.5 Å². The molecule has 1 fully saturated rings. The van der Waals surface area contributed by atoms with Crippen molar-refractivity contribution in [1.82, 2.24) is 9.21 Å². The molecule has 1 aliphatic rings. The Bertz CT molecular complexity index is 598. The third kappa shape index (κ3) is 3.51. The lowest BCUT2D eigenvalue weighted by Crippen LogP contribution is -2.51. The molecular formula is C14H22ClN3O2S. The Morgan fingerprint density at radius 3 is 2.48 bits per heavy atom. The third-order valence-electron chi connectivity index (χ3n) is 4.06. The molecule has 2 rings (SSSR count). The van der Waals surface area contributed by atoms with Gasteiger partial charge in [-0.15, -0.1) is 0 Å². The predicted molar refractivity (Wildman–Crippen MR) is 85.9 cm³/mol. The molecule has 118 valence electrons. The Morgan fingerprint density at radius 2 is 1.90 bits per heavy atom. The molecule has 21 heavy (non-hydrogen) atoms. The van der Waals surface area contributed by atoms with Gasteiger partial charge in [-0.1, -0.05) is 18.5 Å². The molecule has 0 aromatic heterocycles. The number of anilines is 1. The highest BCUT2D eigenvalue weighted by Crippen LogP contribution is 2.27. The number of sulfonamides is 1. The first-order valence-electron chi connectivity index (χ1n) is 7.15. The highest BCUT2D eigenvalue weighted by molar-refractivity contribution is 7.89. The maximum Gasteiger partial charge on any atom is 0.244 e. The highest BCUT2D eigenvalue weighted by Gasteiger charge is 2.31. The standard InChI is InChI=1S/C14H22ClN3O2S/c1-3-11(2)17-6-8-18(9-7-17)21(19,20)14-10-12(16)4-5-13(14)15/h4-5,10-11H,3,6-9,16H2,1-2H3. The summed E-state index contributed by atoms with van der Waals surface area (Å²) >= 11 is 6.03. The van der Waals surface area contributed by atoms with Gasteiger partial charge in [0, 0.05) is 37.9 Å². The number of halogens is 1. The number of piperazine rings is 1. The minimum atomic E-state index is -3.58. The van der Waals surface area contributed by atoms with E-state index in [4.69, 9.17) is 17.3 Å². The van der Waals surface area contributed by atoms with Crippen LogP contribution in [0, 0.1) is 0 Å². The van der Waals surface area contributed by atoms with Gasteiger partial charge in [-0.2, -0.15) is 4.31 Å². The van der Waals surface area contributed by atoms with Gasteiger partial charge >= 0.3 is 0 Å². The van der Waals surface area contributed by atoms with Crippen LogP contribution >= 0.6 is 11.6 Å². The van der Waals surface area contributed by atoms with E-state index in [9.17, 15) is 8.42 Å². The average molecular weight is 332 g/mol. The molecule has 2 N–H and O–H groups in total. The quantitative estimate of drug-likeness (QED) is 0.857. The van der Waals surface area contributed by atoms with Crippen LogP contribution in [0.3, 0.4) is 0 Å². The number of nitrogens with two attached hydrogens (primary N) is 1. The second kappa shape index (κ2) is 6.52. The van der Waals surface area contributed by atoms with Crippen molar-refractivity contribution < 1.29 is 8.42 Å². The first-order chi connectivity index (χ1) is 9.86. The molecule has 1 heterocycles. The second-order valence-electron chi connectivity index (χ2n) is 5.39. The Balaban J connectivity index is 2.17. The normalized spacial score (nSPS) is 19.6. The zero-order chi connectivity index (χ0) is 15.6. The molecule has 1 aromatic rings. The van der Waals surface area contributed by atoms with E-state index in [2.05, 4.69) is 18.7 Å². The highest BCUT2D eigenvalue weighted by atomic mass is 35.5. The van der Waals surface area contributed by atoms with Crippen LogP contribution in [0.2, 0.25) is 5.02 Å². The molecule has 1 aromatic carbocycles. The Kier molecular flexibility index (Phi) is 5.14. The molecule has 1 aliphatic heterocycles. The molecule has 0 saturated carbocycles. The van der Waals surface area contributed by atoms with Crippen molar-refractivity contribution in [2.75, 3.05) is 31.9 Å². The van der Waals surface area contributed by atoms with E-state index in [0.29, 0.717) is 24.8 Å². The molecule has 0 spiro atoms. The molecular weight excluding hydrogens is 310 g/mol. The number of benzene rings is 1. The summed E-state index contributed by atoms with van der Waals surface area (Å²) in [6, 6.07) is 5.03. The van der Waals surface area contributed by atoms with Crippen molar-refractivity contribution in [3.05, 3.63) is 23.2 Å². The first kappa shape index (κ1) is 16.5. The fourth-order valence-corrected chi connectivity index (χ4v) is 4.43. The second-order valence-corrected chi connectivity index (χ2v) is 7.70. The molecule has 1 saturated heterocycles. The third-order valence-corrected chi connectivity index (χ3v) is 6.44. The van der Waals surface area contributed by atoms with Crippen LogP contribution in [0.15, 0.2) is 23.1 Å². The smallest absolute Gasteiger partial charge is 0.244 e. The van der Waals surface area contributed by atoms with Gasteiger partial charge in [-0.25, -0.2) is 8.42 Å². The van der Waals surface area contributed by atoms with Crippen molar-refractivity contribution in [2.24, 2.45) is 0 Å². The van der Waals surface area contributed by atoms with Crippen molar-refractivity contribution in [2.45, 2.75) is 31.2 Å². The zero-order valence-corrected chi connectivity index (χ0v) is 14.0. The summed E-state index contributed by atoms with van der Waals surface area (Å²) in [6.45, 7) is 6.76. The van der Waals surface area contributed by atoms with Crippen LogP contribution in [-0.2, 0) is 10.0 Å². The van der Waals surface area contributed by atoms with Crippen molar-refractivity contribution in [3.63, 3.8) is 0 Å². The molecule has 0 amide bonds. The van der Waals surface area contributed by atoms with Gasteiger partial charge in [0.15, 0.2) is 0 Å².